The van der Waals surface area contributed by atoms with E-state index in [1.54, 1.807) is 6.92 Å². The molecule has 24 heavy (non-hydrogen) atoms. The van der Waals surface area contributed by atoms with E-state index in [4.69, 9.17) is 9.47 Å². The fourth-order valence-electron chi connectivity index (χ4n) is 2.28. The van der Waals surface area contributed by atoms with E-state index in [1.165, 1.54) is 25.2 Å². The Kier molecular flexibility index (Phi) is 6.36. The minimum Gasteiger partial charge on any atom is -0.489 e. The van der Waals surface area contributed by atoms with Crippen molar-refractivity contribution in [3.05, 3.63) is 24.0 Å². The van der Waals surface area contributed by atoms with Gasteiger partial charge in [0, 0.05) is 19.7 Å². The second kappa shape index (κ2) is 8.49. The summed E-state index contributed by atoms with van der Waals surface area (Å²) in [6, 6.07) is 2.66. The van der Waals surface area contributed by atoms with Gasteiger partial charge in [-0.05, 0) is 31.9 Å². The van der Waals surface area contributed by atoms with E-state index in [0.29, 0.717) is 18.0 Å². The molecule has 0 aromatic heterocycles. The molecule has 1 aromatic rings. The van der Waals surface area contributed by atoms with Crippen LogP contribution in [0.25, 0.3) is 0 Å². The van der Waals surface area contributed by atoms with Crippen LogP contribution in [0, 0.1) is 5.82 Å². The van der Waals surface area contributed by atoms with Crippen LogP contribution < -0.4 is 20.7 Å². The molecule has 0 radical (unpaired) electrons. The third-order valence-corrected chi connectivity index (χ3v) is 3.62. The maximum absolute atomic E-state index is 13.5. The van der Waals surface area contributed by atoms with Gasteiger partial charge in [0.05, 0.1) is 11.8 Å². The van der Waals surface area contributed by atoms with Crippen molar-refractivity contribution in [3.63, 3.8) is 0 Å². The van der Waals surface area contributed by atoms with Crippen molar-refractivity contribution in [3.8, 4) is 5.75 Å². The van der Waals surface area contributed by atoms with Gasteiger partial charge in [0.15, 0.2) is 0 Å². The Balaban J connectivity index is 2.00. The monoisotopic (exact) mass is 339 g/mol. The van der Waals surface area contributed by atoms with Crippen molar-refractivity contribution >= 4 is 17.6 Å². The fourth-order valence-corrected chi connectivity index (χ4v) is 2.28. The van der Waals surface area contributed by atoms with Gasteiger partial charge in [0.25, 0.3) is 0 Å². The van der Waals surface area contributed by atoms with Crippen LogP contribution in [-0.2, 0) is 9.53 Å². The maximum atomic E-state index is 13.5. The smallest absolute Gasteiger partial charge is 0.321 e. The topological polar surface area (TPSA) is 88.7 Å². The maximum Gasteiger partial charge on any atom is 0.321 e. The van der Waals surface area contributed by atoms with Crippen molar-refractivity contribution in [2.75, 3.05) is 25.6 Å². The number of urea groups is 1. The summed E-state index contributed by atoms with van der Waals surface area (Å²) >= 11 is 0. The van der Waals surface area contributed by atoms with Crippen molar-refractivity contribution in [2.24, 2.45) is 0 Å². The summed E-state index contributed by atoms with van der Waals surface area (Å²) in [4.78, 5) is 23.1. The summed E-state index contributed by atoms with van der Waals surface area (Å²) < 4.78 is 24.7. The van der Waals surface area contributed by atoms with Crippen LogP contribution in [0.1, 0.15) is 19.8 Å². The molecule has 7 nitrogen and oxygen atoms in total. The molecule has 1 aromatic carbocycles. The summed E-state index contributed by atoms with van der Waals surface area (Å²) in [6.07, 6.45) is 1.95. The van der Waals surface area contributed by atoms with Crippen LogP contribution in [-0.4, -0.2) is 44.3 Å². The van der Waals surface area contributed by atoms with Gasteiger partial charge in [-0.2, -0.15) is 0 Å². The molecule has 0 unspecified atom stereocenters. The van der Waals surface area contributed by atoms with E-state index < -0.39 is 23.8 Å². The van der Waals surface area contributed by atoms with Crippen LogP contribution in [0.3, 0.4) is 0 Å². The van der Waals surface area contributed by atoms with Crippen molar-refractivity contribution in [1.82, 2.24) is 10.6 Å². The van der Waals surface area contributed by atoms with Crippen LogP contribution >= 0.6 is 0 Å². The highest BCUT2D eigenvalue weighted by atomic mass is 19.1. The Bertz CT molecular complexity index is 591. The normalized spacial score (nSPS) is 17.9. The van der Waals surface area contributed by atoms with E-state index in [0.717, 1.165) is 19.4 Å². The summed E-state index contributed by atoms with van der Waals surface area (Å²) in [5.41, 5.74) is 0.340. The van der Waals surface area contributed by atoms with Crippen LogP contribution in [0.15, 0.2) is 18.2 Å². The van der Waals surface area contributed by atoms with Crippen molar-refractivity contribution in [2.45, 2.75) is 31.9 Å². The molecule has 0 aliphatic carbocycles. The number of imide groups is 1. The molecule has 132 valence electrons. The van der Waals surface area contributed by atoms with E-state index in [1.807, 2.05) is 0 Å². The van der Waals surface area contributed by atoms with Crippen LogP contribution in [0.2, 0.25) is 0 Å². The SMILES string of the molecule is CNC(=O)NC(=O)[C@H](C)Nc1cc(F)ccc1OC[C@@H]1CCCO1. The van der Waals surface area contributed by atoms with Gasteiger partial charge < -0.3 is 20.1 Å². The first-order valence-corrected chi connectivity index (χ1v) is 7.82. The first kappa shape index (κ1) is 18.0. The molecule has 2 rings (SSSR count). The number of carbonyl (C=O) groups is 2. The lowest BCUT2D eigenvalue weighted by Crippen LogP contribution is -2.44. The van der Waals surface area contributed by atoms with Crippen molar-refractivity contribution < 1.29 is 23.5 Å². The van der Waals surface area contributed by atoms with Gasteiger partial charge in [-0.1, -0.05) is 0 Å². The number of hydrogen-bond donors (Lipinski definition) is 3. The van der Waals surface area contributed by atoms with Crippen LogP contribution in [0.4, 0.5) is 14.9 Å². The highest BCUT2D eigenvalue weighted by Crippen LogP contribution is 2.27. The van der Waals surface area contributed by atoms with E-state index in [9.17, 15) is 14.0 Å². The van der Waals surface area contributed by atoms with Gasteiger partial charge in [-0.3, -0.25) is 10.1 Å². The zero-order valence-corrected chi connectivity index (χ0v) is 13.7. The van der Waals surface area contributed by atoms with E-state index in [-0.39, 0.29) is 6.10 Å². The number of nitrogens with one attached hydrogen (secondary N) is 3. The molecular formula is C16H22FN3O4. The first-order valence-electron chi connectivity index (χ1n) is 7.82. The number of hydrogen-bond acceptors (Lipinski definition) is 5. The molecule has 2 atom stereocenters. The molecule has 1 aliphatic heterocycles. The zero-order chi connectivity index (χ0) is 17.5. The Morgan fingerprint density at radius 3 is 2.92 bits per heavy atom. The van der Waals surface area contributed by atoms with Gasteiger partial charge in [0.2, 0.25) is 5.91 Å². The van der Waals surface area contributed by atoms with Crippen LogP contribution in [0.5, 0.6) is 5.75 Å². The lowest BCUT2D eigenvalue weighted by molar-refractivity contribution is -0.120. The number of ether oxygens (including phenoxy) is 2. The Labute approximate surface area is 139 Å². The number of carbonyl (C=O) groups excluding carboxylic acids is 2. The second-order valence-corrected chi connectivity index (χ2v) is 5.52. The second-order valence-electron chi connectivity index (χ2n) is 5.52. The lowest BCUT2D eigenvalue weighted by atomic mass is 10.2. The zero-order valence-electron chi connectivity index (χ0n) is 13.7. The van der Waals surface area contributed by atoms with E-state index >= 15 is 0 Å². The predicted octanol–water partition coefficient (Wildman–Crippen LogP) is 1.64. The van der Waals surface area contributed by atoms with Gasteiger partial charge in [-0.15, -0.1) is 0 Å². The number of benzene rings is 1. The van der Waals surface area contributed by atoms with E-state index in [2.05, 4.69) is 16.0 Å². The molecule has 1 fully saturated rings. The first-order chi connectivity index (χ1) is 11.5. The third kappa shape index (κ3) is 5.09. The molecule has 1 aliphatic rings. The molecule has 0 bridgehead atoms. The molecule has 1 saturated heterocycles. The predicted molar refractivity (Wildman–Crippen MR) is 86.6 cm³/mol. The Morgan fingerprint density at radius 1 is 1.46 bits per heavy atom. The molecule has 3 amide bonds. The molecule has 1 heterocycles. The number of anilines is 1. The minimum absolute atomic E-state index is 0.0249. The Morgan fingerprint density at radius 2 is 2.25 bits per heavy atom. The summed E-state index contributed by atoms with van der Waals surface area (Å²) in [6.45, 7) is 2.64. The third-order valence-electron chi connectivity index (χ3n) is 3.62. The molecule has 8 heteroatoms. The largest absolute Gasteiger partial charge is 0.489 e. The number of amides is 3. The molecule has 0 spiro atoms. The lowest BCUT2D eigenvalue weighted by Gasteiger charge is -2.19. The molecular weight excluding hydrogens is 317 g/mol. The molecule has 3 N–H and O–H groups in total. The average molecular weight is 339 g/mol. The summed E-state index contributed by atoms with van der Waals surface area (Å²) in [5, 5.41) is 7.30. The van der Waals surface area contributed by atoms with Gasteiger partial charge in [0.1, 0.15) is 24.2 Å². The fraction of sp³-hybridized carbons (Fsp3) is 0.500. The summed E-state index contributed by atoms with van der Waals surface area (Å²) in [5.74, 6) is -0.573. The van der Waals surface area contributed by atoms with Gasteiger partial charge in [-0.25, -0.2) is 9.18 Å². The quantitative estimate of drug-likeness (QED) is 0.733. The highest BCUT2D eigenvalue weighted by Gasteiger charge is 2.19. The minimum atomic E-state index is -0.755. The highest BCUT2D eigenvalue weighted by molar-refractivity contribution is 5.98. The summed E-state index contributed by atoms with van der Waals surface area (Å²) in [7, 11) is 1.41. The average Bonchev–Trinajstić information content (AvgIpc) is 3.07. The number of halogens is 1. The standard InChI is InChI=1S/C16H22FN3O4/c1-10(15(21)20-16(22)18-2)19-13-8-11(17)5-6-14(13)24-9-12-4-3-7-23-12/h5-6,8,10,12,19H,3-4,7,9H2,1-2H3,(H2,18,20,21,22)/t10-,12-/m0/s1. The van der Waals surface area contributed by atoms with Gasteiger partial charge >= 0.3 is 6.03 Å². The Hall–Kier alpha value is -2.35. The number of rotatable bonds is 6. The molecule has 0 saturated carbocycles. The van der Waals surface area contributed by atoms with Crippen molar-refractivity contribution in [1.29, 1.82) is 0 Å².